The van der Waals surface area contributed by atoms with Crippen LogP contribution in [0, 0.1) is 17.8 Å². The summed E-state index contributed by atoms with van der Waals surface area (Å²) in [6.07, 6.45) is 11.8. The first-order valence-electron chi connectivity index (χ1n) is 8.36. The summed E-state index contributed by atoms with van der Waals surface area (Å²) >= 11 is 0. The second-order valence-electron chi connectivity index (χ2n) is 7.29. The van der Waals surface area contributed by atoms with Gasteiger partial charge in [0.15, 0.2) is 0 Å². The van der Waals surface area contributed by atoms with E-state index in [0.29, 0.717) is 17.6 Å². The predicted molar refractivity (Wildman–Crippen MR) is 76.0 cm³/mol. The summed E-state index contributed by atoms with van der Waals surface area (Å²) in [5.41, 5.74) is 0.0978. The highest BCUT2D eigenvalue weighted by Crippen LogP contribution is 2.43. The highest BCUT2D eigenvalue weighted by Gasteiger charge is 2.43. The topological polar surface area (TPSA) is 26.3 Å². The normalized spacial score (nSPS) is 38.5. The molecule has 0 amide bonds. The van der Waals surface area contributed by atoms with E-state index in [-0.39, 0.29) is 5.60 Å². The number of hydrogen-bond donors (Lipinski definition) is 0. The third-order valence-electron chi connectivity index (χ3n) is 5.83. The maximum Gasteiger partial charge on any atom is 0.139 e. The van der Waals surface area contributed by atoms with Gasteiger partial charge in [-0.05, 0) is 44.4 Å². The second kappa shape index (κ2) is 5.55. The van der Waals surface area contributed by atoms with Gasteiger partial charge in [-0.15, -0.1) is 0 Å². The Hall–Kier alpha value is -0.370. The summed E-state index contributed by atoms with van der Waals surface area (Å²) in [6.45, 7) is 3.14. The first-order valence-corrected chi connectivity index (χ1v) is 8.36. The van der Waals surface area contributed by atoms with Crippen LogP contribution in [-0.4, -0.2) is 18.0 Å². The van der Waals surface area contributed by atoms with Crippen LogP contribution in [0.5, 0.6) is 0 Å². The summed E-state index contributed by atoms with van der Waals surface area (Å²) in [5.74, 6) is 2.10. The Morgan fingerprint density at radius 1 is 1.00 bits per heavy atom. The van der Waals surface area contributed by atoms with E-state index in [0.717, 1.165) is 38.2 Å². The molecule has 2 saturated carbocycles. The minimum atomic E-state index is 0.0978. The second-order valence-corrected chi connectivity index (χ2v) is 7.29. The number of Topliss-reactive ketones (excluding diaryl/α,β-unsaturated/α-hetero) is 1. The standard InChI is InChI=1S/C17H28O2/c1-13-4-6-14(7-5-13)16(18)15-8-11-19-17(12-15)9-2-3-10-17/h13-15H,2-12H2,1H3. The molecule has 3 rings (SSSR count). The van der Waals surface area contributed by atoms with E-state index in [1.54, 1.807) is 0 Å². The summed E-state index contributed by atoms with van der Waals surface area (Å²) < 4.78 is 6.06. The van der Waals surface area contributed by atoms with Crippen LogP contribution in [0.2, 0.25) is 0 Å². The fourth-order valence-electron chi connectivity index (χ4n) is 4.52. The molecule has 0 radical (unpaired) electrons. The van der Waals surface area contributed by atoms with E-state index in [4.69, 9.17) is 4.74 Å². The van der Waals surface area contributed by atoms with Gasteiger partial charge in [0, 0.05) is 18.4 Å². The van der Waals surface area contributed by atoms with Gasteiger partial charge in [-0.25, -0.2) is 0 Å². The Kier molecular flexibility index (Phi) is 3.98. The molecular formula is C17H28O2. The zero-order valence-corrected chi connectivity index (χ0v) is 12.3. The van der Waals surface area contributed by atoms with Gasteiger partial charge in [0.1, 0.15) is 5.78 Å². The van der Waals surface area contributed by atoms with E-state index in [9.17, 15) is 4.79 Å². The molecule has 0 bridgehead atoms. The molecular weight excluding hydrogens is 236 g/mol. The molecule has 1 aliphatic heterocycles. The number of ketones is 1. The maximum absolute atomic E-state index is 12.7. The Labute approximate surface area is 117 Å². The molecule has 19 heavy (non-hydrogen) atoms. The van der Waals surface area contributed by atoms with Crippen molar-refractivity contribution in [3.05, 3.63) is 0 Å². The van der Waals surface area contributed by atoms with Crippen molar-refractivity contribution in [2.24, 2.45) is 17.8 Å². The van der Waals surface area contributed by atoms with Crippen LogP contribution in [-0.2, 0) is 9.53 Å². The van der Waals surface area contributed by atoms with Crippen LogP contribution in [0.1, 0.15) is 71.1 Å². The lowest BCUT2D eigenvalue weighted by Gasteiger charge is -2.39. The average molecular weight is 264 g/mol. The highest BCUT2D eigenvalue weighted by atomic mass is 16.5. The van der Waals surface area contributed by atoms with Crippen LogP contribution in [0.15, 0.2) is 0 Å². The molecule has 1 unspecified atom stereocenters. The van der Waals surface area contributed by atoms with Gasteiger partial charge in [0.25, 0.3) is 0 Å². The van der Waals surface area contributed by atoms with Crippen molar-refractivity contribution in [3.8, 4) is 0 Å². The first kappa shape index (κ1) is 13.6. The molecule has 0 N–H and O–H groups in total. The van der Waals surface area contributed by atoms with E-state index in [1.807, 2.05) is 0 Å². The van der Waals surface area contributed by atoms with Gasteiger partial charge in [0.05, 0.1) is 5.60 Å². The third kappa shape index (κ3) is 2.89. The lowest BCUT2D eigenvalue weighted by Crippen LogP contribution is -2.41. The van der Waals surface area contributed by atoms with E-state index >= 15 is 0 Å². The number of carbonyl (C=O) groups is 1. The van der Waals surface area contributed by atoms with Crippen molar-refractivity contribution in [2.75, 3.05) is 6.61 Å². The van der Waals surface area contributed by atoms with E-state index in [2.05, 4.69) is 6.92 Å². The van der Waals surface area contributed by atoms with Crippen molar-refractivity contribution in [3.63, 3.8) is 0 Å². The van der Waals surface area contributed by atoms with Gasteiger partial charge in [-0.1, -0.05) is 32.6 Å². The maximum atomic E-state index is 12.7. The Morgan fingerprint density at radius 2 is 1.68 bits per heavy atom. The summed E-state index contributed by atoms with van der Waals surface area (Å²) in [5, 5.41) is 0. The molecule has 108 valence electrons. The van der Waals surface area contributed by atoms with Crippen LogP contribution in [0.3, 0.4) is 0 Å². The molecule has 2 heteroatoms. The van der Waals surface area contributed by atoms with Crippen molar-refractivity contribution in [2.45, 2.75) is 76.7 Å². The number of hydrogen-bond acceptors (Lipinski definition) is 2. The third-order valence-corrected chi connectivity index (χ3v) is 5.83. The molecule has 1 atom stereocenters. The predicted octanol–water partition coefficient (Wildman–Crippen LogP) is 4.12. The molecule has 2 aliphatic carbocycles. The van der Waals surface area contributed by atoms with Crippen LogP contribution in [0.4, 0.5) is 0 Å². The van der Waals surface area contributed by atoms with Crippen molar-refractivity contribution in [1.29, 1.82) is 0 Å². The fraction of sp³-hybridized carbons (Fsp3) is 0.941. The monoisotopic (exact) mass is 264 g/mol. The molecule has 0 aromatic rings. The van der Waals surface area contributed by atoms with Gasteiger partial charge in [0.2, 0.25) is 0 Å². The Morgan fingerprint density at radius 3 is 2.37 bits per heavy atom. The van der Waals surface area contributed by atoms with Crippen LogP contribution >= 0.6 is 0 Å². The van der Waals surface area contributed by atoms with Crippen LogP contribution in [0.25, 0.3) is 0 Å². The molecule has 2 nitrogen and oxygen atoms in total. The van der Waals surface area contributed by atoms with E-state index in [1.165, 1.54) is 38.5 Å². The summed E-state index contributed by atoms with van der Waals surface area (Å²) in [6, 6.07) is 0. The Bertz CT molecular complexity index is 322. The molecule has 3 fully saturated rings. The summed E-state index contributed by atoms with van der Waals surface area (Å²) in [7, 11) is 0. The SMILES string of the molecule is CC1CCC(C(=O)C2CCOC3(CCCC3)C2)CC1. The smallest absolute Gasteiger partial charge is 0.139 e. The van der Waals surface area contributed by atoms with Crippen molar-refractivity contribution < 1.29 is 9.53 Å². The van der Waals surface area contributed by atoms with Gasteiger partial charge in [-0.2, -0.15) is 0 Å². The molecule has 0 aromatic heterocycles. The number of rotatable bonds is 2. The first-order chi connectivity index (χ1) is 9.19. The lowest BCUT2D eigenvalue weighted by molar-refractivity contribution is -0.141. The largest absolute Gasteiger partial charge is 0.375 e. The van der Waals surface area contributed by atoms with Crippen molar-refractivity contribution >= 4 is 5.78 Å². The van der Waals surface area contributed by atoms with Crippen LogP contribution < -0.4 is 0 Å². The molecule has 0 aromatic carbocycles. The van der Waals surface area contributed by atoms with Gasteiger partial charge < -0.3 is 4.74 Å². The summed E-state index contributed by atoms with van der Waals surface area (Å²) in [4.78, 5) is 12.7. The molecule has 3 aliphatic rings. The number of ether oxygens (including phenoxy) is 1. The fourth-order valence-corrected chi connectivity index (χ4v) is 4.52. The average Bonchev–Trinajstić information content (AvgIpc) is 2.87. The number of carbonyl (C=O) groups excluding carboxylic acids is 1. The van der Waals surface area contributed by atoms with Gasteiger partial charge in [-0.3, -0.25) is 4.79 Å². The zero-order valence-electron chi connectivity index (χ0n) is 12.3. The molecule has 1 saturated heterocycles. The molecule has 1 spiro atoms. The Balaban J connectivity index is 1.60. The minimum absolute atomic E-state index is 0.0978. The van der Waals surface area contributed by atoms with E-state index < -0.39 is 0 Å². The van der Waals surface area contributed by atoms with Crippen molar-refractivity contribution in [1.82, 2.24) is 0 Å². The van der Waals surface area contributed by atoms with Gasteiger partial charge >= 0.3 is 0 Å². The molecule has 1 heterocycles. The minimum Gasteiger partial charge on any atom is -0.375 e. The lowest BCUT2D eigenvalue weighted by atomic mass is 9.73. The zero-order chi connectivity index (χ0) is 13.3. The highest BCUT2D eigenvalue weighted by molar-refractivity contribution is 5.83. The quantitative estimate of drug-likeness (QED) is 0.750.